The summed E-state index contributed by atoms with van der Waals surface area (Å²) in [5, 5.41) is 8.93. The number of hydrogen-bond acceptors (Lipinski definition) is 3. The van der Waals surface area contributed by atoms with Crippen LogP contribution in [-0.4, -0.2) is 33.4 Å². The van der Waals surface area contributed by atoms with E-state index in [0.717, 1.165) is 0 Å². The number of carbonyl (C=O) groups is 2. The number of hydrogen-bond donors (Lipinski definition) is 1. The molecule has 1 amide bonds. The van der Waals surface area contributed by atoms with E-state index in [4.69, 9.17) is 5.11 Å². The van der Waals surface area contributed by atoms with Crippen LogP contribution in [0.25, 0.3) is 0 Å². The second-order valence-electron chi connectivity index (χ2n) is 6.36. The normalized spacial score (nSPS) is 19.4. The van der Waals surface area contributed by atoms with Crippen LogP contribution in [0.2, 0.25) is 0 Å². The van der Waals surface area contributed by atoms with Gasteiger partial charge in [-0.2, -0.15) is 0 Å². The van der Waals surface area contributed by atoms with E-state index < -0.39 is 5.97 Å². The first-order chi connectivity index (χ1) is 9.27. The van der Waals surface area contributed by atoms with Crippen molar-refractivity contribution in [1.29, 1.82) is 0 Å². The summed E-state index contributed by atoms with van der Waals surface area (Å²) >= 11 is 0. The van der Waals surface area contributed by atoms with Gasteiger partial charge in [-0.05, 0) is 23.5 Å². The summed E-state index contributed by atoms with van der Waals surface area (Å²) in [6.45, 7) is 7.50. The fourth-order valence-electron chi connectivity index (χ4n) is 2.39. The lowest BCUT2D eigenvalue weighted by Gasteiger charge is -2.26. The van der Waals surface area contributed by atoms with Crippen molar-refractivity contribution in [2.24, 2.45) is 11.3 Å². The summed E-state index contributed by atoms with van der Waals surface area (Å²) in [7, 11) is 0. The van der Waals surface area contributed by atoms with Crippen molar-refractivity contribution in [3.05, 3.63) is 29.6 Å². The lowest BCUT2D eigenvalue weighted by molar-refractivity contribution is -0.128. The molecule has 1 aromatic rings. The molecule has 0 spiro atoms. The third kappa shape index (κ3) is 3.15. The zero-order valence-corrected chi connectivity index (χ0v) is 12.1. The maximum absolute atomic E-state index is 12.0. The molecular weight excluding hydrogens is 256 g/mol. The smallest absolute Gasteiger partial charge is 0.354 e. The molecule has 1 unspecified atom stereocenters. The van der Waals surface area contributed by atoms with Crippen LogP contribution < -0.4 is 0 Å². The highest BCUT2D eigenvalue weighted by Gasteiger charge is 2.36. The van der Waals surface area contributed by atoms with Crippen molar-refractivity contribution in [2.45, 2.75) is 33.7 Å². The van der Waals surface area contributed by atoms with Crippen LogP contribution in [0, 0.1) is 11.3 Å². The fourth-order valence-corrected chi connectivity index (χ4v) is 2.39. The van der Waals surface area contributed by atoms with Gasteiger partial charge in [-0.1, -0.05) is 26.8 Å². The first-order valence-electron chi connectivity index (χ1n) is 6.74. The highest BCUT2D eigenvalue weighted by Crippen LogP contribution is 2.34. The van der Waals surface area contributed by atoms with Crippen molar-refractivity contribution in [1.82, 2.24) is 9.88 Å². The minimum Gasteiger partial charge on any atom is -0.477 e. The first kappa shape index (κ1) is 14.5. The van der Waals surface area contributed by atoms with E-state index in [-0.39, 0.29) is 17.0 Å². The maximum atomic E-state index is 12.0. The average molecular weight is 276 g/mol. The predicted octanol–water partition coefficient (Wildman–Crippen LogP) is 2.17. The minimum absolute atomic E-state index is 0.0153. The molecule has 0 aromatic carbocycles. The number of likely N-dealkylation sites (tertiary alicyclic amines) is 1. The topological polar surface area (TPSA) is 70.5 Å². The summed E-state index contributed by atoms with van der Waals surface area (Å²) in [5.74, 6) is -0.600. The molecule has 1 atom stereocenters. The van der Waals surface area contributed by atoms with Crippen molar-refractivity contribution < 1.29 is 14.7 Å². The lowest BCUT2D eigenvalue weighted by atomic mass is 9.80. The Labute approximate surface area is 118 Å². The molecule has 1 saturated heterocycles. The van der Waals surface area contributed by atoms with Crippen molar-refractivity contribution in [3.8, 4) is 0 Å². The van der Waals surface area contributed by atoms with Crippen LogP contribution in [0.15, 0.2) is 18.2 Å². The molecule has 1 N–H and O–H groups in total. The van der Waals surface area contributed by atoms with Crippen LogP contribution in [-0.2, 0) is 11.3 Å². The molecular formula is C15H20N2O3. The Kier molecular flexibility index (Phi) is 3.79. The van der Waals surface area contributed by atoms with Gasteiger partial charge in [0.1, 0.15) is 5.69 Å². The number of carboxylic acids is 1. The number of amides is 1. The first-order valence-corrected chi connectivity index (χ1v) is 6.74. The maximum Gasteiger partial charge on any atom is 0.354 e. The lowest BCUT2D eigenvalue weighted by Crippen LogP contribution is -2.27. The Hall–Kier alpha value is -1.91. The van der Waals surface area contributed by atoms with Gasteiger partial charge in [-0.3, -0.25) is 4.79 Å². The molecule has 2 rings (SSSR count). The number of carboxylic acid groups (broad SMARTS) is 1. The van der Waals surface area contributed by atoms with Crippen molar-refractivity contribution >= 4 is 11.9 Å². The summed E-state index contributed by atoms with van der Waals surface area (Å²) < 4.78 is 0. The Balaban J connectivity index is 2.09. The van der Waals surface area contributed by atoms with Crippen molar-refractivity contribution in [2.75, 3.05) is 6.54 Å². The number of carbonyl (C=O) groups excluding carboxylic acids is 1. The molecule has 2 heterocycles. The second kappa shape index (κ2) is 5.23. The molecule has 0 saturated carbocycles. The molecule has 5 heteroatoms. The van der Waals surface area contributed by atoms with Gasteiger partial charge >= 0.3 is 5.97 Å². The Bertz CT molecular complexity index is 534. The Morgan fingerprint density at radius 3 is 2.70 bits per heavy atom. The van der Waals surface area contributed by atoms with Gasteiger partial charge < -0.3 is 10.0 Å². The number of aromatic carboxylic acids is 1. The summed E-state index contributed by atoms with van der Waals surface area (Å²) in [4.78, 5) is 28.8. The molecule has 0 radical (unpaired) electrons. The van der Waals surface area contributed by atoms with E-state index in [9.17, 15) is 9.59 Å². The van der Waals surface area contributed by atoms with Gasteiger partial charge in [0.05, 0.1) is 12.2 Å². The SMILES string of the molecule is CC(C)(C)C1CC(=O)N(Cc2cccc(C(=O)O)n2)C1. The summed E-state index contributed by atoms with van der Waals surface area (Å²) in [6.07, 6.45) is 0.558. The average Bonchev–Trinajstić information content (AvgIpc) is 2.71. The molecule has 1 aromatic heterocycles. The molecule has 0 aliphatic carbocycles. The van der Waals surface area contributed by atoms with Crippen LogP contribution in [0.5, 0.6) is 0 Å². The monoisotopic (exact) mass is 276 g/mol. The molecule has 1 fully saturated rings. The van der Waals surface area contributed by atoms with Crippen LogP contribution >= 0.6 is 0 Å². The van der Waals surface area contributed by atoms with E-state index in [1.54, 1.807) is 17.0 Å². The van der Waals surface area contributed by atoms with Gasteiger partial charge in [0.15, 0.2) is 0 Å². The standard InChI is InChI=1S/C15H20N2O3/c1-15(2,3)10-7-13(18)17(8-10)9-11-5-4-6-12(16-11)14(19)20/h4-6,10H,7-9H2,1-3H3,(H,19,20). The van der Waals surface area contributed by atoms with Gasteiger partial charge in [0.2, 0.25) is 5.91 Å². The van der Waals surface area contributed by atoms with E-state index in [0.29, 0.717) is 31.1 Å². The highest BCUT2D eigenvalue weighted by molar-refractivity contribution is 5.85. The van der Waals surface area contributed by atoms with Gasteiger partial charge in [0, 0.05) is 13.0 Å². The van der Waals surface area contributed by atoms with E-state index in [1.165, 1.54) is 6.07 Å². The van der Waals surface area contributed by atoms with Gasteiger partial charge in [-0.15, -0.1) is 0 Å². The van der Waals surface area contributed by atoms with Gasteiger partial charge in [-0.25, -0.2) is 9.78 Å². The van der Waals surface area contributed by atoms with Crippen LogP contribution in [0.3, 0.4) is 0 Å². The Morgan fingerprint density at radius 1 is 1.45 bits per heavy atom. The molecule has 1 aliphatic rings. The molecule has 5 nitrogen and oxygen atoms in total. The fraction of sp³-hybridized carbons (Fsp3) is 0.533. The number of rotatable bonds is 3. The summed E-state index contributed by atoms with van der Waals surface area (Å²) in [6, 6.07) is 4.87. The van der Waals surface area contributed by atoms with Crippen LogP contribution in [0.4, 0.5) is 0 Å². The van der Waals surface area contributed by atoms with Gasteiger partial charge in [0.25, 0.3) is 0 Å². The molecule has 0 bridgehead atoms. The van der Waals surface area contributed by atoms with Crippen molar-refractivity contribution in [3.63, 3.8) is 0 Å². The molecule has 108 valence electrons. The third-order valence-electron chi connectivity index (χ3n) is 3.82. The predicted molar refractivity (Wildman–Crippen MR) is 74.2 cm³/mol. The Morgan fingerprint density at radius 2 is 2.15 bits per heavy atom. The number of aromatic nitrogens is 1. The molecule has 1 aliphatic heterocycles. The quantitative estimate of drug-likeness (QED) is 0.918. The zero-order valence-electron chi connectivity index (χ0n) is 12.1. The number of pyridine rings is 1. The van der Waals surface area contributed by atoms with E-state index >= 15 is 0 Å². The third-order valence-corrected chi connectivity index (χ3v) is 3.82. The van der Waals surface area contributed by atoms with E-state index in [2.05, 4.69) is 25.8 Å². The zero-order chi connectivity index (χ0) is 14.9. The van der Waals surface area contributed by atoms with E-state index in [1.807, 2.05) is 0 Å². The summed E-state index contributed by atoms with van der Waals surface area (Å²) in [5.41, 5.74) is 0.732. The second-order valence-corrected chi connectivity index (χ2v) is 6.36. The largest absolute Gasteiger partial charge is 0.477 e. The number of nitrogens with zero attached hydrogens (tertiary/aromatic N) is 2. The minimum atomic E-state index is -1.05. The highest BCUT2D eigenvalue weighted by atomic mass is 16.4. The van der Waals surface area contributed by atoms with Crippen LogP contribution in [0.1, 0.15) is 43.4 Å². The molecule has 20 heavy (non-hydrogen) atoms.